The van der Waals surface area contributed by atoms with Gasteiger partial charge in [0.15, 0.2) is 0 Å². The maximum absolute atomic E-state index is 14.2. The van der Waals surface area contributed by atoms with Gasteiger partial charge in [-0.05, 0) is 48.8 Å². The van der Waals surface area contributed by atoms with Crippen molar-refractivity contribution >= 4 is 23.4 Å². The Morgan fingerprint density at radius 1 is 1.05 bits per heavy atom. The van der Waals surface area contributed by atoms with Crippen LogP contribution in [-0.4, -0.2) is 90.7 Å². The van der Waals surface area contributed by atoms with E-state index in [2.05, 4.69) is 36.3 Å². The topological polar surface area (TPSA) is 100 Å². The summed E-state index contributed by atoms with van der Waals surface area (Å²) in [5, 5.41) is 6.35. The van der Waals surface area contributed by atoms with Gasteiger partial charge in [0.2, 0.25) is 17.7 Å². The van der Waals surface area contributed by atoms with Crippen LogP contribution in [0.3, 0.4) is 0 Å². The lowest BCUT2D eigenvalue weighted by atomic mass is 9.74. The van der Waals surface area contributed by atoms with E-state index in [9.17, 15) is 14.4 Å². The lowest BCUT2D eigenvalue weighted by molar-refractivity contribution is -0.141. The van der Waals surface area contributed by atoms with Crippen LogP contribution in [0.25, 0.3) is 0 Å². The molecule has 0 aromatic heterocycles. The van der Waals surface area contributed by atoms with E-state index in [1.807, 2.05) is 36.4 Å². The number of hydrogen-bond acceptors (Lipinski definition) is 6. The van der Waals surface area contributed by atoms with Gasteiger partial charge in [0.25, 0.3) is 0 Å². The fourth-order valence-corrected chi connectivity index (χ4v) is 7.77. The third-order valence-corrected chi connectivity index (χ3v) is 10.2. The van der Waals surface area contributed by atoms with Crippen molar-refractivity contribution in [2.24, 2.45) is 17.8 Å². The van der Waals surface area contributed by atoms with Crippen LogP contribution >= 0.6 is 0 Å². The largest absolute Gasteiger partial charge is 0.379 e. The SMILES string of the molecule is CC(C)c1ccc(NC(=O)[C@@H]2[C@@H]3C=C[C@]4(O3)[C@@H]2C(=O)N(CCCN2CCOCC2)[C@H]4C(=O)N[C@H]2CCCC[C@H]2C)cc1. The molecule has 5 aliphatic rings. The van der Waals surface area contributed by atoms with Crippen molar-refractivity contribution in [1.82, 2.24) is 15.1 Å². The molecule has 0 unspecified atom stereocenters. The number of anilines is 1. The fraction of sp³-hybridized carbons (Fsp3) is 0.667. The number of ether oxygens (including phenoxy) is 2. The summed E-state index contributed by atoms with van der Waals surface area (Å²) >= 11 is 0. The minimum absolute atomic E-state index is 0.0856. The lowest BCUT2D eigenvalue weighted by Gasteiger charge is -2.36. The van der Waals surface area contributed by atoms with Gasteiger partial charge in [-0.3, -0.25) is 19.3 Å². The maximum Gasteiger partial charge on any atom is 0.246 e. The van der Waals surface area contributed by atoms with Crippen molar-refractivity contribution in [2.45, 2.75) is 82.6 Å². The van der Waals surface area contributed by atoms with Gasteiger partial charge < -0.3 is 25.0 Å². The van der Waals surface area contributed by atoms with Crippen LogP contribution in [0.1, 0.15) is 64.4 Å². The number of morpholine rings is 1. The molecule has 1 aromatic carbocycles. The van der Waals surface area contributed by atoms with E-state index in [1.54, 1.807) is 4.90 Å². The molecule has 7 atom stereocenters. The molecule has 1 aromatic rings. The number of likely N-dealkylation sites (tertiary alicyclic amines) is 1. The quantitative estimate of drug-likeness (QED) is 0.436. The third kappa shape index (κ3) is 5.40. The smallest absolute Gasteiger partial charge is 0.246 e. The number of carbonyl (C=O) groups is 3. The van der Waals surface area contributed by atoms with Gasteiger partial charge in [0.1, 0.15) is 11.6 Å². The average molecular weight is 579 g/mol. The zero-order chi connectivity index (χ0) is 29.4. The highest BCUT2D eigenvalue weighted by Gasteiger charge is 2.72. The molecule has 3 amide bonds. The zero-order valence-electron chi connectivity index (χ0n) is 25.2. The highest BCUT2D eigenvalue weighted by Crippen LogP contribution is 2.55. The van der Waals surface area contributed by atoms with E-state index in [4.69, 9.17) is 9.47 Å². The first-order valence-electron chi connectivity index (χ1n) is 16.0. The number of rotatable bonds is 9. The van der Waals surface area contributed by atoms with Gasteiger partial charge in [0, 0.05) is 37.9 Å². The molecule has 42 heavy (non-hydrogen) atoms. The summed E-state index contributed by atoms with van der Waals surface area (Å²) in [5.41, 5.74) is 0.753. The highest BCUT2D eigenvalue weighted by atomic mass is 16.5. The van der Waals surface area contributed by atoms with Gasteiger partial charge in [-0.15, -0.1) is 0 Å². The molecule has 9 heteroatoms. The molecule has 9 nitrogen and oxygen atoms in total. The summed E-state index contributed by atoms with van der Waals surface area (Å²) < 4.78 is 12.0. The highest BCUT2D eigenvalue weighted by molar-refractivity contribution is 6.02. The Morgan fingerprint density at radius 2 is 1.79 bits per heavy atom. The molecule has 3 saturated heterocycles. The van der Waals surface area contributed by atoms with E-state index < -0.39 is 29.6 Å². The number of hydrogen-bond donors (Lipinski definition) is 2. The van der Waals surface area contributed by atoms with Crippen molar-refractivity contribution in [3.05, 3.63) is 42.0 Å². The summed E-state index contributed by atoms with van der Waals surface area (Å²) in [6.07, 6.45) is 8.30. The second-order valence-corrected chi connectivity index (χ2v) is 13.2. The van der Waals surface area contributed by atoms with Crippen molar-refractivity contribution in [3.8, 4) is 0 Å². The molecule has 4 aliphatic heterocycles. The number of nitrogens with one attached hydrogen (secondary N) is 2. The summed E-state index contributed by atoms with van der Waals surface area (Å²) in [5.74, 6) is -1.20. The van der Waals surface area contributed by atoms with Gasteiger partial charge in [-0.1, -0.05) is 57.9 Å². The average Bonchev–Trinajstić information content (AvgIpc) is 3.62. The minimum Gasteiger partial charge on any atom is -0.379 e. The molecule has 1 aliphatic carbocycles. The molecule has 2 N–H and O–H groups in total. The van der Waals surface area contributed by atoms with E-state index in [-0.39, 0.29) is 23.8 Å². The molecule has 1 spiro atoms. The van der Waals surface area contributed by atoms with E-state index in [0.29, 0.717) is 24.1 Å². The van der Waals surface area contributed by atoms with Crippen LogP contribution in [-0.2, 0) is 23.9 Å². The van der Waals surface area contributed by atoms with Gasteiger partial charge in [-0.25, -0.2) is 0 Å². The van der Waals surface area contributed by atoms with Crippen molar-refractivity contribution < 1.29 is 23.9 Å². The van der Waals surface area contributed by atoms with Gasteiger partial charge in [0.05, 0.1) is 31.2 Å². The fourth-order valence-electron chi connectivity index (χ4n) is 7.77. The van der Waals surface area contributed by atoms with E-state index in [0.717, 1.165) is 58.5 Å². The molecule has 1 saturated carbocycles. The molecular formula is C33H46N4O5. The number of benzene rings is 1. The summed E-state index contributed by atoms with van der Waals surface area (Å²) in [7, 11) is 0. The Kier molecular flexibility index (Phi) is 8.44. The van der Waals surface area contributed by atoms with Crippen LogP contribution in [0.15, 0.2) is 36.4 Å². The molecule has 0 radical (unpaired) electrons. The van der Waals surface area contributed by atoms with Crippen LogP contribution in [0.2, 0.25) is 0 Å². The Hall–Kier alpha value is -2.75. The van der Waals surface area contributed by atoms with E-state index in [1.165, 1.54) is 12.0 Å². The first kappa shape index (κ1) is 29.3. The second kappa shape index (κ2) is 12.1. The number of carbonyl (C=O) groups excluding carboxylic acids is 3. The number of nitrogens with zero attached hydrogens (tertiary/aromatic N) is 2. The Bertz CT molecular complexity index is 1200. The predicted octanol–water partition coefficient (Wildman–Crippen LogP) is 3.32. The zero-order valence-corrected chi connectivity index (χ0v) is 25.2. The molecular weight excluding hydrogens is 532 g/mol. The van der Waals surface area contributed by atoms with Gasteiger partial charge in [-0.2, -0.15) is 0 Å². The molecule has 228 valence electrons. The second-order valence-electron chi connectivity index (χ2n) is 13.2. The minimum atomic E-state index is -1.13. The summed E-state index contributed by atoms with van der Waals surface area (Å²) in [6, 6.07) is 7.14. The Morgan fingerprint density at radius 3 is 2.50 bits per heavy atom. The van der Waals surface area contributed by atoms with Crippen molar-refractivity contribution in [2.75, 3.05) is 44.7 Å². The summed E-state index contributed by atoms with van der Waals surface area (Å²) in [6.45, 7) is 10.9. The van der Waals surface area contributed by atoms with Gasteiger partial charge >= 0.3 is 0 Å². The predicted molar refractivity (Wildman–Crippen MR) is 160 cm³/mol. The maximum atomic E-state index is 14.2. The van der Waals surface area contributed by atoms with Crippen molar-refractivity contribution in [1.29, 1.82) is 0 Å². The summed E-state index contributed by atoms with van der Waals surface area (Å²) in [4.78, 5) is 46.2. The van der Waals surface area contributed by atoms with Crippen LogP contribution in [0, 0.1) is 17.8 Å². The molecule has 4 fully saturated rings. The van der Waals surface area contributed by atoms with Crippen molar-refractivity contribution in [3.63, 3.8) is 0 Å². The first-order chi connectivity index (χ1) is 20.3. The monoisotopic (exact) mass is 578 g/mol. The standard InChI is InChI=1S/C33H46N4O5/c1-21(2)23-9-11-24(12-10-23)34-30(38)27-26-13-14-33(42-26)28(27)32(40)37(16-6-15-36-17-19-41-20-18-36)29(33)31(39)35-25-8-5-4-7-22(25)3/h9-14,21-22,25-29H,4-8,15-20H2,1-3H3,(H,34,38)(H,35,39)/t22-,25+,26+,27-,28+,29+,33+/m1/s1. The van der Waals surface area contributed by atoms with E-state index >= 15 is 0 Å². The molecule has 2 bridgehead atoms. The van der Waals surface area contributed by atoms with Crippen LogP contribution in [0.4, 0.5) is 5.69 Å². The third-order valence-electron chi connectivity index (χ3n) is 10.2. The first-order valence-corrected chi connectivity index (χ1v) is 16.0. The normalized spacial score (nSPS) is 34.2. The Balaban J connectivity index is 1.23. The number of fused-ring (bicyclic) bond motifs is 1. The Labute approximate surface area is 249 Å². The van der Waals surface area contributed by atoms with Crippen LogP contribution in [0.5, 0.6) is 0 Å². The lowest BCUT2D eigenvalue weighted by Crippen LogP contribution is -2.57. The van der Waals surface area contributed by atoms with Crippen LogP contribution < -0.4 is 10.6 Å². The molecule has 4 heterocycles. The number of amides is 3. The molecule has 6 rings (SSSR count).